The minimum absolute atomic E-state index is 0.203. The standard InChI is InChI=1S/C13H14O5/c1-7(14)10(15)12-9(11(16)13(17)18-12)8-5-3-2-4-6-8/h2-7,10,12,14-16H,1H3. The number of benzene rings is 1. The zero-order valence-electron chi connectivity index (χ0n) is 9.78. The van der Waals surface area contributed by atoms with Gasteiger partial charge < -0.3 is 20.1 Å². The van der Waals surface area contributed by atoms with E-state index >= 15 is 0 Å². The van der Waals surface area contributed by atoms with Gasteiger partial charge in [-0.2, -0.15) is 0 Å². The number of carbonyl (C=O) groups is 1. The Hall–Kier alpha value is -1.85. The quantitative estimate of drug-likeness (QED) is 0.685. The van der Waals surface area contributed by atoms with Gasteiger partial charge in [0.2, 0.25) is 5.76 Å². The summed E-state index contributed by atoms with van der Waals surface area (Å²) in [6.07, 6.45) is -3.42. The number of rotatable bonds is 3. The molecule has 2 rings (SSSR count). The Morgan fingerprint density at radius 1 is 1.22 bits per heavy atom. The average molecular weight is 250 g/mol. The normalized spacial score (nSPS) is 22.8. The minimum Gasteiger partial charge on any atom is -0.502 e. The molecule has 18 heavy (non-hydrogen) atoms. The van der Waals surface area contributed by atoms with Crippen LogP contribution in [0.3, 0.4) is 0 Å². The van der Waals surface area contributed by atoms with Gasteiger partial charge in [0.25, 0.3) is 0 Å². The Labute approximate surface area is 104 Å². The summed E-state index contributed by atoms with van der Waals surface area (Å²) in [4.78, 5) is 11.4. The summed E-state index contributed by atoms with van der Waals surface area (Å²) in [5.74, 6) is -1.41. The van der Waals surface area contributed by atoms with E-state index in [1.807, 2.05) is 0 Å². The second-order valence-electron chi connectivity index (χ2n) is 4.19. The van der Waals surface area contributed by atoms with Crippen molar-refractivity contribution >= 4 is 11.5 Å². The van der Waals surface area contributed by atoms with Gasteiger partial charge in [-0.15, -0.1) is 0 Å². The van der Waals surface area contributed by atoms with E-state index in [0.717, 1.165) is 0 Å². The van der Waals surface area contributed by atoms with Gasteiger partial charge in [0, 0.05) is 0 Å². The van der Waals surface area contributed by atoms with Crippen molar-refractivity contribution < 1.29 is 24.9 Å². The van der Waals surface area contributed by atoms with Crippen molar-refractivity contribution in [2.45, 2.75) is 25.2 Å². The van der Waals surface area contributed by atoms with E-state index < -0.39 is 30.0 Å². The number of ether oxygens (including phenoxy) is 1. The van der Waals surface area contributed by atoms with E-state index in [4.69, 9.17) is 4.74 Å². The van der Waals surface area contributed by atoms with Gasteiger partial charge in [0.15, 0.2) is 6.10 Å². The molecule has 0 aliphatic carbocycles. The molecule has 96 valence electrons. The Kier molecular flexibility index (Phi) is 3.36. The van der Waals surface area contributed by atoms with Crippen molar-refractivity contribution in [3.05, 3.63) is 41.7 Å². The first-order chi connectivity index (χ1) is 8.52. The fourth-order valence-electron chi connectivity index (χ4n) is 1.89. The lowest BCUT2D eigenvalue weighted by Crippen LogP contribution is -2.36. The van der Waals surface area contributed by atoms with Gasteiger partial charge in [-0.1, -0.05) is 30.3 Å². The van der Waals surface area contributed by atoms with E-state index in [1.54, 1.807) is 30.3 Å². The Morgan fingerprint density at radius 3 is 2.39 bits per heavy atom. The number of aliphatic hydroxyl groups is 3. The topological polar surface area (TPSA) is 87.0 Å². The molecular weight excluding hydrogens is 236 g/mol. The van der Waals surface area contributed by atoms with Crippen LogP contribution in [-0.4, -0.2) is 39.6 Å². The van der Waals surface area contributed by atoms with E-state index in [0.29, 0.717) is 5.56 Å². The molecule has 0 amide bonds. The SMILES string of the molecule is CC(O)C(O)C1OC(=O)C(O)=C1c1ccccc1. The van der Waals surface area contributed by atoms with E-state index in [-0.39, 0.29) is 5.57 Å². The minimum atomic E-state index is -1.28. The second kappa shape index (κ2) is 4.80. The lowest BCUT2D eigenvalue weighted by molar-refractivity contribution is -0.148. The van der Waals surface area contributed by atoms with Gasteiger partial charge in [-0.05, 0) is 12.5 Å². The highest BCUT2D eigenvalue weighted by Crippen LogP contribution is 2.32. The summed E-state index contributed by atoms with van der Waals surface area (Å²) in [6, 6.07) is 8.65. The van der Waals surface area contributed by atoms with Gasteiger partial charge in [0.05, 0.1) is 11.7 Å². The third-order valence-electron chi connectivity index (χ3n) is 2.86. The van der Waals surface area contributed by atoms with Crippen LogP contribution in [0.1, 0.15) is 12.5 Å². The molecule has 1 aromatic rings. The molecule has 1 aliphatic heterocycles. The van der Waals surface area contributed by atoms with Crippen molar-refractivity contribution in [2.24, 2.45) is 0 Å². The molecule has 1 aromatic carbocycles. The van der Waals surface area contributed by atoms with E-state index in [9.17, 15) is 20.1 Å². The van der Waals surface area contributed by atoms with Crippen molar-refractivity contribution in [1.29, 1.82) is 0 Å². The molecule has 1 heterocycles. The molecule has 3 unspecified atom stereocenters. The highest BCUT2D eigenvalue weighted by Gasteiger charge is 2.41. The summed E-state index contributed by atoms with van der Waals surface area (Å²) in [6.45, 7) is 1.39. The molecule has 5 nitrogen and oxygen atoms in total. The zero-order valence-corrected chi connectivity index (χ0v) is 9.78. The molecule has 5 heteroatoms. The Bertz CT molecular complexity index is 477. The van der Waals surface area contributed by atoms with Crippen LogP contribution in [-0.2, 0) is 9.53 Å². The van der Waals surface area contributed by atoms with Gasteiger partial charge in [-0.25, -0.2) is 4.79 Å². The van der Waals surface area contributed by atoms with Gasteiger partial charge in [0.1, 0.15) is 6.10 Å². The largest absolute Gasteiger partial charge is 0.502 e. The maximum atomic E-state index is 11.4. The third kappa shape index (κ3) is 2.10. The predicted molar refractivity (Wildman–Crippen MR) is 63.6 cm³/mol. The molecule has 1 aliphatic rings. The van der Waals surface area contributed by atoms with Crippen LogP contribution in [0.2, 0.25) is 0 Å². The maximum Gasteiger partial charge on any atom is 0.374 e. The monoisotopic (exact) mass is 250 g/mol. The number of cyclic esters (lactones) is 1. The summed E-state index contributed by atoms with van der Waals surface area (Å²) in [7, 11) is 0. The maximum absolute atomic E-state index is 11.4. The van der Waals surface area contributed by atoms with Crippen LogP contribution >= 0.6 is 0 Å². The lowest BCUT2D eigenvalue weighted by atomic mass is 9.95. The molecule has 0 saturated carbocycles. The highest BCUT2D eigenvalue weighted by atomic mass is 16.6. The molecule has 0 radical (unpaired) electrons. The van der Waals surface area contributed by atoms with Crippen LogP contribution in [0.4, 0.5) is 0 Å². The fraction of sp³-hybridized carbons (Fsp3) is 0.308. The number of esters is 1. The molecule has 3 atom stereocenters. The second-order valence-corrected chi connectivity index (χ2v) is 4.19. The summed E-state index contributed by atoms with van der Waals surface area (Å²) in [5.41, 5.74) is 0.777. The van der Waals surface area contributed by atoms with Gasteiger partial charge in [-0.3, -0.25) is 0 Å². The van der Waals surface area contributed by atoms with Crippen molar-refractivity contribution in [2.75, 3.05) is 0 Å². The first kappa shape index (κ1) is 12.6. The number of aliphatic hydroxyl groups excluding tert-OH is 3. The fourth-order valence-corrected chi connectivity index (χ4v) is 1.89. The van der Waals surface area contributed by atoms with Crippen LogP contribution in [0.5, 0.6) is 0 Å². The predicted octanol–water partition coefficient (Wildman–Crippen LogP) is 0.623. The summed E-state index contributed by atoms with van der Waals surface area (Å²) in [5, 5.41) is 28.9. The number of hydrogen-bond donors (Lipinski definition) is 3. The lowest BCUT2D eigenvalue weighted by Gasteiger charge is -2.22. The summed E-state index contributed by atoms with van der Waals surface area (Å²) >= 11 is 0. The third-order valence-corrected chi connectivity index (χ3v) is 2.86. The van der Waals surface area contributed by atoms with Crippen LogP contribution in [0, 0.1) is 0 Å². The zero-order chi connectivity index (χ0) is 13.3. The first-order valence-corrected chi connectivity index (χ1v) is 5.58. The molecule has 0 aromatic heterocycles. The molecular formula is C13H14O5. The average Bonchev–Trinajstić information content (AvgIpc) is 2.66. The van der Waals surface area contributed by atoms with Crippen molar-refractivity contribution in [1.82, 2.24) is 0 Å². The van der Waals surface area contributed by atoms with Crippen molar-refractivity contribution in [3.63, 3.8) is 0 Å². The number of carbonyl (C=O) groups excluding carboxylic acids is 1. The molecule has 0 fully saturated rings. The molecule has 0 spiro atoms. The van der Waals surface area contributed by atoms with Crippen molar-refractivity contribution in [3.8, 4) is 0 Å². The van der Waals surface area contributed by atoms with Gasteiger partial charge >= 0.3 is 5.97 Å². The molecule has 3 N–H and O–H groups in total. The Balaban J connectivity index is 2.43. The molecule has 0 saturated heterocycles. The van der Waals surface area contributed by atoms with Crippen LogP contribution < -0.4 is 0 Å². The first-order valence-electron chi connectivity index (χ1n) is 5.58. The van der Waals surface area contributed by atoms with Crippen LogP contribution in [0.25, 0.3) is 5.57 Å². The van der Waals surface area contributed by atoms with Crippen LogP contribution in [0.15, 0.2) is 36.1 Å². The van der Waals surface area contributed by atoms with E-state index in [1.165, 1.54) is 6.92 Å². The highest BCUT2D eigenvalue weighted by molar-refractivity contribution is 6.00. The smallest absolute Gasteiger partial charge is 0.374 e. The molecule has 0 bridgehead atoms. The Morgan fingerprint density at radius 2 is 1.83 bits per heavy atom. The summed E-state index contributed by atoms with van der Waals surface area (Å²) < 4.78 is 4.89. The van der Waals surface area contributed by atoms with E-state index in [2.05, 4.69) is 0 Å². The number of hydrogen-bond acceptors (Lipinski definition) is 5.